The van der Waals surface area contributed by atoms with E-state index >= 15 is 0 Å². The first-order chi connectivity index (χ1) is 15.0. The van der Waals surface area contributed by atoms with Gasteiger partial charge < -0.3 is 14.5 Å². The van der Waals surface area contributed by atoms with Crippen LogP contribution in [-0.4, -0.2) is 51.8 Å². The van der Waals surface area contributed by atoms with Crippen LogP contribution in [-0.2, 0) is 12.1 Å². The van der Waals surface area contributed by atoms with E-state index in [4.69, 9.17) is 4.74 Å². The van der Waals surface area contributed by atoms with Crippen LogP contribution in [0.2, 0.25) is 0 Å². The predicted octanol–water partition coefficient (Wildman–Crippen LogP) is 2.63. The van der Waals surface area contributed by atoms with Gasteiger partial charge in [-0.2, -0.15) is 4.39 Å². The van der Waals surface area contributed by atoms with Gasteiger partial charge in [0.1, 0.15) is 11.4 Å². The van der Waals surface area contributed by atoms with Gasteiger partial charge in [-0.05, 0) is 42.0 Å². The second kappa shape index (κ2) is 7.16. The molecule has 2 aliphatic heterocycles. The molecule has 0 saturated carbocycles. The summed E-state index contributed by atoms with van der Waals surface area (Å²) in [6.45, 7) is 0.710. The van der Waals surface area contributed by atoms with E-state index in [0.29, 0.717) is 36.5 Å². The number of aromatic nitrogens is 2. The van der Waals surface area contributed by atoms with E-state index in [1.807, 2.05) is 12.1 Å². The SMILES string of the molecule is COc1ccc(C23Cc4ncccc4C(=O)N2CCN3C(=O)c2ccc(F)nc2)cc1. The average molecular weight is 418 g/mol. The number of fused-ring (bicyclic) bond motifs is 2. The Balaban J connectivity index is 1.67. The van der Waals surface area contributed by atoms with E-state index in [1.54, 1.807) is 47.4 Å². The number of amides is 2. The summed E-state index contributed by atoms with van der Waals surface area (Å²) >= 11 is 0. The topological polar surface area (TPSA) is 75.6 Å². The minimum atomic E-state index is -1.05. The lowest BCUT2D eigenvalue weighted by Crippen LogP contribution is -2.58. The van der Waals surface area contributed by atoms with Crippen LogP contribution in [0, 0.1) is 5.95 Å². The van der Waals surface area contributed by atoms with E-state index in [9.17, 15) is 14.0 Å². The Bertz CT molecular complexity index is 1170. The summed E-state index contributed by atoms with van der Waals surface area (Å²) in [6.07, 6.45) is 3.22. The van der Waals surface area contributed by atoms with Gasteiger partial charge in [-0.15, -0.1) is 0 Å². The quantitative estimate of drug-likeness (QED) is 0.612. The maximum absolute atomic E-state index is 13.5. The molecule has 156 valence electrons. The summed E-state index contributed by atoms with van der Waals surface area (Å²) in [7, 11) is 1.58. The summed E-state index contributed by atoms with van der Waals surface area (Å²) in [4.78, 5) is 38.4. The van der Waals surface area contributed by atoms with Crippen LogP contribution in [0.1, 0.15) is 32.0 Å². The number of benzene rings is 1. The maximum atomic E-state index is 13.5. The lowest BCUT2D eigenvalue weighted by Gasteiger charge is -2.46. The molecule has 0 aliphatic carbocycles. The van der Waals surface area contributed by atoms with Crippen LogP contribution >= 0.6 is 0 Å². The molecule has 2 amide bonds. The van der Waals surface area contributed by atoms with Gasteiger partial charge >= 0.3 is 0 Å². The minimum Gasteiger partial charge on any atom is -0.497 e. The third-order valence-corrected chi connectivity index (χ3v) is 5.99. The average Bonchev–Trinajstić information content (AvgIpc) is 3.20. The monoisotopic (exact) mass is 418 g/mol. The number of ether oxygens (including phenoxy) is 1. The van der Waals surface area contributed by atoms with Gasteiger partial charge in [0.2, 0.25) is 5.95 Å². The van der Waals surface area contributed by atoms with Crippen molar-refractivity contribution < 1.29 is 18.7 Å². The minimum absolute atomic E-state index is 0.169. The fourth-order valence-electron chi connectivity index (χ4n) is 4.53. The molecule has 2 aliphatic rings. The molecule has 0 bridgehead atoms. The molecule has 0 N–H and O–H groups in total. The van der Waals surface area contributed by atoms with Crippen LogP contribution in [0.25, 0.3) is 0 Å². The number of carbonyl (C=O) groups excluding carboxylic acids is 2. The fraction of sp³-hybridized carbons (Fsp3) is 0.217. The molecule has 0 spiro atoms. The smallest absolute Gasteiger partial charge is 0.257 e. The van der Waals surface area contributed by atoms with Crippen molar-refractivity contribution in [3.8, 4) is 5.75 Å². The molecular weight excluding hydrogens is 399 g/mol. The first kappa shape index (κ1) is 19.2. The number of nitrogens with zero attached hydrogens (tertiary/aromatic N) is 4. The Morgan fingerprint density at radius 3 is 2.61 bits per heavy atom. The number of methoxy groups -OCH3 is 1. The van der Waals surface area contributed by atoms with Gasteiger partial charge in [-0.1, -0.05) is 12.1 Å². The van der Waals surface area contributed by atoms with Crippen molar-refractivity contribution in [3.63, 3.8) is 0 Å². The van der Waals surface area contributed by atoms with Crippen LogP contribution in [0.5, 0.6) is 5.75 Å². The summed E-state index contributed by atoms with van der Waals surface area (Å²) < 4.78 is 18.6. The van der Waals surface area contributed by atoms with Crippen LogP contribution in [0.3, 0.4) is 0 Å². The summed E-state index contributed by atoms with van der Waals surface area (Å²) in [5.74, 6) is -0.475. The zero-order valence-corrected chi connectivity index (χ0v) is 16.8. The third-order valence-electron chi connectivity index (χ3n) is 5.99. The Labute approximate surface area is 178 Å². The predicted molar refractivity (Wildman–Crippen MR) is 109 cm³/mol. The highest BCUT2D eigenvalue weighted by atomic mass is 19.1. The van der Waals surface area contributed by atoms with Gasteiger partial charge in [0.05, 0.1) is 23.9 Å². The van der Waals surface area contributed by atoms with Gasteiger partial charge in [0.25, 0.3) is 11.8 Å². The molecule has 1 atom stereocenters. The first-order valence-electron chi connectivity index (χ1n) is 9.88. The molecule has 5 rings (SSSR count). The number of hydrogen-bond donors (Lipinski definition) is 0. The van der Waals surface area contributed by atoms with Crippen LogP contribution < -0.4 is 4.74 Å². The van der Waals surface area contributed by atoms with Gasteiger partial charge in [-0.3, -0.25) is 14.6 Å². The number of hydrogen-bond acceptors (Lipinski definition) is 5. The molecule has 2 aromatic heterocycles. The molecule has 1 aromatic carbocycles. The van der Waals surface area contributed by atoms with Crippen molar-refractivity contribution >= 4 is 11.8 Å². The highest BCUT2D eigenvalue weighted by Gasteiger charge is 2.56. The van der Waals surface area contributed by atoms with Crippen molar-refractivity contribution in [1.82, 2.24) is 19.8 Å². The number of rotatable bonds is 3. The van der Waals surface area contributed by atoms with Gasteiger partial charge in [0.15, 0.2) is 0 Å². The fourth-order valence-corrected chi connectivity index (χ4v) is 4.53. The van der Waals surface area contributed by atoms with Crippen molar-refractivity contribution in [2.75, 3.05) is 20.2 Å². The first-order valence-corrected chi connectivity index (χ1v) is 9.88. The van der Waals surface area contributed by atoms with Crippen LogP contribution in [0.15, 0.2) is 60.9 Å². The Morgan fingerprint density at radius 1 is 1.10 bits per heavy atom. The zero-order chi connectivity index (χ0) is 21.6. The second-order valence-corrected chi connectivity index (χ2v) is 7.50. The van der Waals surface area contributed by atoms with E-state index in [1.165, 1.54) is 12.3 Å². The Kier molecular flexibility index (Phi) is 4.43. The van der Waals surface area contributed by atoms with Crippen molar-refractivity contribution in [1.29, 1.82) is 0 Å². The third kappa shape index (κ3) is 2.86. The van der Waals surface area contributed by atoms with Crippen molar-refractivity contribution in [2.45, 2.75) is 12.1 Å². The number of carbonyl (C=O) groups is 2. The van der Waals surface area contributed by atoms with E-state index in [-0.39, 0.29) is 17.4 Å². The highest BCUT2D eigenvalue weighted by Crippen LogP contribution is 2.45. The summed E-state index contributed by atoms with van der Waals surface area (Å²) in [5, 5.41) is 0. The molecule has 31 heavy (non-hydrogen) atoms. The Hall–Kier alpha value is -3.81. The Morgan fingerprint density at radius 2 is 1.90 bits per heavy atom. The molecule has 7 nitrogen and oxygen atoms in total. The molecule has 1 saturated heterocycles. The standard InChI is InChI=1S/C23H19FN4O3/c1-31-17-7-5-16(6-8-17)23-13-19-18(3-2-10-25-19)22(30)28(23)12-11-27(23)21(29)15-4-9-20(24)26-14-15/h2-10,14H,11-13H2,1H3. The molecule has 4 heterocycles. The lowest BCUT2D eigenvalue weighted by molar-refractivity contribution is 0.00700. The van der Waals surface area contributed by atoms with Gasteiger partial charge in [-0.25, -0.2) is 4.98 Å². The van der Waals surface area contributed by atoms with Crippen molar-refractivity contribution in [2.24, 2.45) is 0 Å². The normalized spacial score (nSPS) is 19.7. The molecule has 1 fully saturated rings. The second-order valence-electron chi connectivity index (χ2n) is 7.50. The van der Waals surface area contributed by atoms with E-state index in [0.717, 1.165) is 11.6 Å². The molecule has 0 radical (unpaired) electrons. The summed E-state index contributed by atoms with van der Waals surface area (Å²) in [5.41, 5.74) is 1.17. The van der Waals surface area contributed by atoms with Gasteiger partial charge in [0, 0.05) is 31.9 Å². The van der Waals surface area contributed by atoms with E-state index < -0.39 is 11.6 Å². The summed E-state index contributed by atoms with van der Waals surface area (Å²) in [6, 6.07) is 13.4. The van der Waals surface area contributed by atoms with Crippen molar-refractivity contribution in [3.05, 3.63) is 89.3 Å². The van der Waals surface area contributed by atoms with E-state index in [2.05, 4.69) is 9.97 Å². The number of pyridine rings is 2. The number of halogens is 1. The van der Waals surface area contributed by atoms with Crippen LogP contribution in [0.4, 0.5) is 4.39 Å². The molecular formula is C23H19FN4O3. The maximum Gasteiger partial charge on any atom is 0.257 e. The molecule has 1 unspecified atom stereocenters. The zero-order valence-electron chi connectivity index (χ0n) is 16.8. The molecule has 3 aromatic rings. The lowest BCUT2D eigenvalue weighted by atomic mass is 9.86. The molecule has 8 heteroatoms. The highest BCUT2D eigenvalue weighted by molar-refractivity contribution is 6.00. The largest absolute Gasteiger partial charge is 0.497 e.